The van der Waals surface area contributed by atoms with Gasteiger partial charge >= 0.3 is 12.2 Å². The van der Waals surface area contributed by atoms with Gasteiger partial charge in [0.2, 0.25) is 0 Å². The fourth-order valence-electron chi connectivity index (χ4n) is 2.31. The van der Waals surface area contributed by atoms with Crippen molar-refractivity contribution >= 4 is 34.4 Å². The van der Waals surface area contributed by atoms with E-state index < -0.39 is 23.9 Å². The van der Waals surface area contributed by atoms with Crippen molar-refractivity contribution in [2.45, 2.75) is 18.8 Å². The molecule has 3 rings (SSSR count). The Balaban J connectivity index is 1.52. The van der Waals surface area contributed by atoms with Crippen molar-refractivity contribution < 1.29 is 23.1 Å². The molecule has 0 bridgehead atoms. The number of thiophene rings is 2. The molecule has 0 aliphatic carbocycles. The number of nitrogens with one attached hydrogen (secondary N) is 2. The summed E-state index contributed by atoms with van der Waals surface area (Å²) >= 11 is 2.84. The fraction of sp³-hybridized carbons (Fsp3) is 0.167. The highest BCUT2D eigenvalue weighted by molar-refractivity contribution is 7.12. The molecular weight excluding hydrogens is 397 g/mol. The summed E-state index contributed by atoms with van der Waals surface area (Å²) in [6.07, 6.45) is -5.10. The molecular formula is C18H15F3N2O2S2. The van der Waals surface area contributed by atoms with Gasteiger partial charge in [-0.1, -0.05) is 6.07 Å². The number of aliphatic hydroxyl groups is 1. The minimum Gasteiger partial charge on any atom is -0.382 e. The van der Waals surface area contributed by atoms with Crippen LogP contribution in [0.1, 0.15) is 26.3 Å². The second-order valence-corrected chi connectivity index (χ2v) is 7.78. The van der Waals surface area contributed by atoms with Crippen LogP contribution in [0.4, 0.5) is 23.7 Å². The summed E-state index contributed by atoms with van der Waals surface area (Å²) in [5, 5.41) is 17.3. The average Bonchev–Trinajstić information content (AvgIpc) is 3.31. The minimum absolute atomic E-state index is 0.244. The number of aliphatic hydroxyl groups excluding tert-OH is 1. The highest BCUT2D eigenvalue weighted by atomic mass is 32.1. The molecule has 3 N–H and O–H groups in total. The Morgan fingerprint density at radius 3 is 2.44 bits per heavy atom. The first-order valence-electron chi connectivity index (χ1n) is 7.85. The number of hydrogen-bond acceptors (Lipinski definition) is 4. The molecule has 2 heterocycles. The molecule has 4 nitrogen and oxygen atoms in total. The standard InChI is InChI=1S/C18H15F3N2O2S2/c19-18(20,21)11-3-5-12(6-4-11)23-17(25)22-10-13-7-8-15(27-13)16(24)14-2-1-9-26-14/h1-9,16,24H,10H2,(H2,22,23,25). The van der Waals surface area contributed by atoms with Gasteiger partial charge in [0.15, 0.2) is 0 Å². The Morgan fingerprint density at radius 1 is 1.07 bits per heavy atom. The van der Waals surface area contributed by atoms with E-state index in [0.29, 0.717) is 0 Å². The smallest absolute Gasteiger partial charge is 0.382 e. The Bertz CT molecular complexity index is 890. The van der Waals surface area contributed by atoms with Crippen molar-refractivity contribution in [2.75, 3.05) is 5.32 Å². The van der Waals surface area contributed by atoms with E-state index in [4.69, 9.17) is 0 Å². The highest BCUT2D eigenvalue weighted by Crippen LogP contribution is 2.31. The molecule has 142 valence electrons. The molecule has 3 aromatic rings. The predicted molar refractivity (Wildman–Crippen MR) is 100 cm³/mol. The lowest BCUT2D eigenvalue weighted by atomic mass is 10.2. The van der Waals surface area contributed by atoms with E-state index in [1.54, 1.807) is 6.07 Å². The van der Waals surface area contributed by atoms with Crippen molar-refractivity contribution in [1.29, 1.82) is 0 Å². The Kier molecular flexibility index (Phi) is 5.83. The summed E-state index contributed by atoms with van der Waals surface area (Å²) in [5.74, 6) is 0. The van der Waals surface area contributed by atoms with Gasteiger partial charge in [-0.25, -0.2) is 4.79 Å². The molecule has 1 atom stereocenters. The minimum atomic E-state index is -4.41. The Hall–Kier alpha value is -2.36. The Labute approximate surface area is 161 Å². The molecule has 0 saturated heterocycles. The van der Waals surface area contributed by atoms with Crippen LogP contribution in [0, 0.1) is 0 Å². The second kappa shape index (κ2) is 8.12. The quantitative estimate of drug-likeness (QED) is 0.537. The van der Waals surface area contributed by atoms with Gasteiger partial charge in [0.05, 0.1) is 12.1 Å². The molecule has 0 fully saturated rings. The third-order valence-corrected chi connectivity index (χ3v) is 5.72. The number of rotatable bonds is 5. The zero-order valence-corrected chi connectivity index (χ0v) is 15.4. The maximum Gasteiger partial charge on any atom is 0.416 e. The summed E-state index contributed by atoms with van der Waals surface area (Å²) in [6, 6.07) is 11.0. The van der Waals surface area contributed by atoms with Crippen LogP contribution >= 0.6 is 22.7 Å². The lowest BCUT2D eigenvalue weighted by molar-refractivity contribution is -0.137. The molecule has 2 amide bonds. The summed E-state index contributed by atoms with van der Waals surface area (Å²) in [5.41, 5.74) is -0.510. The lowest BCUT2D eigenvalue weighted by Gasteiger charge is -2.09. The number of carbonyl (C=O) groups is 1. The molecule has 9 heteroatoms. The molecule has 0 spiro atoms. The maximum absolute atomic E-state index is 12.5. The number of benzene rings is 1. The molecule has 1 aromatic carbocycles. The number of amides is 2. The zero-order chi connectivity index (χ0) is 19.4. The van der Waals surface area contributed by atoms with Crippen LogP contribution in [0.15, 0.2) is 53.9 Å². The first-order valence-corrected chi connectivity index (χ1v) is 9.55. The zero-order valence-electron chi connectivity index (χ0n) is 13.8. The molecule has 0 aliphatic heterocycles. The van der Waals surface area contributed by atoms with Gasteiger partial charge < -0.3 is 15.7 Å². The summed E-state index contributed by atoms with van der Waals surface area (Å²) < 4.78 is 37.6. The van der Waals surface area contributed by atoms with E-state index in [-0.39, 0.29) is 12.2 Å². The largest absolute Gasteiger partial charge is 0.416 e. The maximum atomic E-state index is 12.5. The number of anilines is 1. The van der Waals surface area contributed by atoms with Crippen molar-refractivity contribution in [3.05, 3.63) is 74.1 Å². The molecule has 0 saturated carbocycles. The monoisotopic (exact) mass is 412 g/mol. The second-order valence-electron chi connectivity index (χ2n) is 5.60. The van der Waals surface area contributed by atoms with Gasteiger partial charge in [0, 0.05) is 20.3 Å². The third-order valence-electron chi connectivity index (χ3n) is 3.66. The Morgan fingerprint density at radius 2 is 1.81 bits per heavy atom. The van der Waals surface area contributed by atoms with E-state index in [1.807, 2.05) is 23.6 Å². The number of urea groups is 1. The van der Waals surface area contributed by atoms with Gasteiger partial charge in [0.25, 0.3) is 0 Å². The fourth-order valence-corrected chi connectivity index (χ4v) is 4.07. The molecule has 0 aliphatic rings. The lowest BCUT2D eigenvalue weighted by Crippen LogP contribution is -2.27. The van der Waals surface area contributed by atoms with Crippen LogP contribution in [0.3, 0.4) is 0 Å². The molecule has 27 heavy (non-hydrogen) atoms. The topological polar surface area (TPSA) is 61.4 Å². The van der Waals surface area contributed by atoms with Gasteiger partial charge in [-0.3, -0.25) is 0 Å². The number of halogens is 3. The first kappa shape index (κ1) is 19.4. The summed E-state index contributed by atoms with van der Waals surface area (Å²) in [7, 11) is 0. The average molecular weight is 412 g/mol. The van der Waals surface area contributed by atoms with Gasteiger partial charge in [-0.05, 0) is 47.8 Å². The van der Waals surface area contributed by atoms with Crippen molar-refractivity contribution in [2.24, 2.45) is 0 Å². The van der Waals surface area contributed by atoms with Crippen molar-refractivity contribution in [3.63, 3.8) is 0 Å². The van der Waals surface area contributed by atoms with Gasteiger partial charge in [0.1, 0.15) is 6.10 Å². The van der Waals surface area contributed by atoms with Crippen LogP contribution in [0.5, 0.6) is 0 Å². The van der Waals surface area contributed by atoms with Crippen LogP contribution in [-0.4, -0.2) is 11.1 Å². The predicted octanol–water partition coefficient (Wildman–Crippen LogP) is 5.23. The van der Waals surface area contributed by atoms with E-state index in [9.17, 15) is 23.1 Å². The van der Waals surface area contributed by atoms with E-state index in [1.165, 1.54) is 34.8 Å². The van der Waals surface area contributed by atoms with Gasteiger partial charge in [-0.2, -0.15) is 13.2 Å². The van der Waals surface area contributed by atoms with E-state index >= 15 is 0 Å². The van der Waals surface area contributed by atoms with Crippen LogP contribution < -0.4 is 10.6 Å². The molecule has 1 unspecified atom stereocenters. The molecule has 0 radical (unpaired) electrons. The number of alkyl halides is 3. The van der Waals surface area contributed by atoms with Crippen LogP contribution in [-0.2, 0) is 12.7 Å². The number of carbonyl (C=O) groups excluding carboxylic acids is 1. The normalized spacial score (nSPS) is 12.6. The van der Waals surface area contributed by atoms with E-state index in [0.717, 1.165) is 26.8 Å². The summed E-state index contributed by atoms with van der Waals surface area (Å²) in [4.78, 5) is 14.4. The SMILES string of the molecule is O=C(NCc1ccc(C(O)c2cccs2)s1)Nc1ccc(C(F)(F)F)cc1. The highest BCUT2D eigenvalue weighted by Gasteiger charge is 2.29. The third kappa shape index (κ3) is 5.09. The first-order chi connectivity index (χ1) is 12.8. The van der Waals surface area contributed by atoms with Crippen molar-refractivity contribution in [3.8, 4) is 0 Å². The van der Waals surface area contributed by atoms with Crippen LogP contribution in [0.2, 0.25) is 0 Å². The van der Waals surface area contributed by atoms with Crippen molar-refractivity contribution in [1.82, 2.24) is 5.32 Å². The van der Waals surface area contributed by atoms with Gasteiger partial charge in [-0.15, -0.1) is 22.7 Å². The van der Waals surface area contributed by atoms with E-state index in [2.05, 4.69) is 10.6 Å². The molecule has 2 aromatic heterocycles. The van der Waals surface area contributed by atoms with Crippen LogP contribution in [0.25, 0.3) is 0 Å². The summed E-state index contributed by atoms with van der Waals surface area (Å²) in [6.45, 7) is 0.244. The number of hydrogen-bond donors (Lipinski definition) is 3.